The molecule has 1 aromatic rings. The molecule has 1 amide bonds. The summed E-state index contributed by atoms with van der Waals surface area (Å²) in [6.45, 7) is 6.33. The molecular weight excluding hydrogens is 274 g/mol. The molecule has 0 aromatic heterocycles. The van der Waals surface area contributed by atoms with Crippen LogP contribution in [0.25, 0.3) is 0 Å². The van der Waals surface area contributed by atoms with Gasteiger partial charge in [0, 0.05) is 23.1 Å². The Morgan fingerprint density at radius 3 is 2.25 bits per heavy atom. The molecule has 1 rings (SSSR count). The molecule has 2 N–H and O–H groups in total. The molecule has 0 heterocycles. The van der Waals surface area contributed by atoms with Crippen molar-refractivity contribution in [2.45, 2.75) is 38.4 Å². The maximum Gasteiger partial charge on any atom is 0.235 e. The van der Waals surface area contributed by atoms with Gasteiger partial charge >= 0.3 is 0 Å². The Bertz CT molecular complexity index is 457. The Morgan fingerprint density at radius 2 is 1.75 bits per heavy atom. The topological polar surface area (TPSA) is 66.4 Å². The SMILES string of the molecule is CC(C)CNC(=O)C(C)S(=O)Cc1ccc(CO)cc1. The predicted octanol–water partition coefficient (Wildman–Crippen LogP) is 1.59. The van der Waals surface area contributed by atoms with Crippen LogP contribution in [0.2, 0.25) is 0 Å². The number of nitrogens with one attached hydrogen (secondary N) is 1. The van der Waals surface area contributed by atoms with Crippen molar-refractivity contribution in [3.63, 3.8) is 0 Å². The highest BCUT2D eigenvalue weighted by molar-refractivity contribution is 7.85. The van der Waals surface area contributed by atoms with Gasteiger partial charge in [-0.15, -0.1) is 0 Å². The van der Waals surface area contributed by atoms with E-state index in [0.717, 1.165) is 11.1 Å². The predicted molar refractivity (Wildman–Crippen MR) is 81.5 cm³/mol. The fraction of sp³-hybridized carbons (Fsp3) is 0.533. The van der Waals surface area contributed by atoms with Gasteiger partial charge in [0.25, 0.3) is 0 Å². The van der Waals surface area contributed by atoms with Crippen LogP contribution >= 0.6 is 0 Å². The molecule has 0 radical (unpaired) electrons. The largest absolute Gasteiger partial charge is 0.392 e. The highest BCUT2D eigenvalue weighted by Gasteiger charge is 2.19. The van der Waals surface area contributed by atoms with Crippen molar-refractivity contribution in [1.82, 2.24) is 5.32 Å². The van der Waals surface area contributed by atoms with Gasteiger partial charge in [0.15, 0.2) is 0 Å². The van der Waals surface area contributed by atoms with Crippen molar-refractivity contribution >= 4 is 16.7 Å². The standard InChI is InChI=1S/C15H23NO3S/c1-11(2)8-16-15(18)12(3)20(19)10-14-6-4-13(9-17)5-7-14/h4-7,11-12,17H,8-10H2,1-3H3,(H,16,18). The van der Waals surface area contributed by atoms with E-state index in [9.17, 15) is 9.00 Å². The number of aliphatic hydroxyl groups excluding tert-OH is 1. The zero-order chi connectivity index (χ0) is 15.1. The lowest BCUT2D eigenvalue weighted by atomic mass is 10.2. The zero-order valence-electron chi connectivity index (χ0n) is 12.3. The molecule has 0 aliphatic carbocycles. The van der Waals surface area contributed by atoms with E-state index in [1.54, 1.807) is 19.1 Å². The van der Waals surface area contributed by atoms with Crippen LogP contribution < -0.4 is 5.32 Å². The number of carbonyl (C=O) groups excluding carboxylic acids is 1. The summed E-state index contributed by atoms with van der Waals surface area (Å²) in [5.41, 5.74) is 1.73. The van der Waals surface area contributed by atoms with Crippen molar-refractivity contribution in [1.29, 1.82) is 0 Å². The van der Waals surface area contributed by atoms with Gasteiger partial charge in [0.2, 0.25) is 5.91 Å². The average Bonchev–Trinajstić information content (AvgIpc) is 2.44. The van der Waals surface area contributed by atoms with E-state index < -0.39 is 16.0 Å². The van der Waals surface area contributed by atoms with E-state index in [2.05, 4.69) is 5.32 Å². The second-order valence-electron chi connectivity index (χ2n) is 5.28. The van der Waals surface area contributed by atoms with E-state index in [0.29, 0.717) is 18.2 Å². The molecule has 1 aromatic carbocycles. The number of hydrogen-bond acceptors (Lipinski definition) is 3. The third-order valence-electron chi connectivity index (χ3n) is 2.96. The summed E-state index contributed by atoms with van der Waals surface area (Å²) in [5, 5.41) is 11.2. The van der Waals surface area contributed by atoms with Gasteiger partial charge in [0.05, 0.1) is 6.61 Å². The van der Waals surface area contributed by atoms with Crippen molar-refractivity contribution in [2.75, 3.05) is 6.54 Å². The van der Waals surface area contributed by atoms with Crippen LogP contribution in [0.15, 0.2) is 24.3 Å². The summed E-state index contributed by atoms with van der Waals surface area (Å²) in [5.74, 6) is 0.566. The summed E-state index contributed by atoms with van der Waals surface area (Å²) in [7, 11) is -1.24. The van der Waals surface area contributed by atoms with E-state index in [1.807, 2.05) is 26.0 Å². The quantitative estimate of drug-likeness (QED) is 0.803. The first kappa shape index (κ1) is 16.9. The van der Waals surface area contributed by atoms with Crippen LogP contribution in [-0.4, -0.2) is 27.0 Å². The lowest BCUT2D eigenvalue weighted by Gasteiger charge is -2.13. The van der Waals surface area contributed by atoms with Crippen molar-refractivity contribution < 1.29 is 14.1 Å². The molecule has 2 unspecified atom stereocenters. The number of amides is 1. The van der Waals surface area contributed by atoms with Gasteiger partial charge in [-0.1, -0.05) is 38.1 Å². The van der Waals surface area contributed by atoms with Crippen LogP contribution in [0.4, 0.5) is 0 Å². The molecule has 20 heavy (non-hydrogen) atoms. The van der Waals surface area contributed by atoms with Crippen molar-refractivity contribution in [3.8, 4) is 0 Å². The lowest BCUT2D eigenvalue weighted by Crippen LogP contribution is -2.37. The zero-order valence-corrected chi connectivity index (χ0v) is 13.1. The van der Waals surface area contributed by atoms with Crippen LogP contribution in [0, 0.1) is 5.92 Å². The normalized spacial score (nSPS) is 14.1. The highest BCUT2D eigenvalue weighted by atomic mass is 32.2. The second-order valence-corrected chi connectivity index (χ2v) is 7.04. The molecule has 0 fully saturated rings. The molecule has 112 valence electrons. The maximum absolute atomic E-state index is 12.2. The lowest BCUT2D eigenvalue weighted by molar-refractivity contribution is -0.120. The molecule has 2 atom stereocenters. The fourth-order valence-electron chi connectivity index (χ4n) is 1.60. The number of aliphatic hydroxyl groups is 1. The van der Waals surface area contributed by atoms with Gasteiger partial charge in [0.1, 0.15) is 5.25 Å². The monoisotopic (exact) mass is 297 g/mol. The minimum Gasteiger partial charge on any atom is -0.392 e. The van der Waals surface area contributed by atoms with Crippen LogP contribution in [-0.2, 0) is 28.0 Å². The van der Waals surface area contributed by atoms with Gasteiger partial charge in [-0.25, -0.2) is 0 Å². The van der Waals surface area contributed by atoms with Crippen molar-refractivity contribution in [3.05, 3.63) is 35.4 Å². The third kappa shape index (κ3) is 5.43. The van der Waals surface area contributed by atoms with Crippen LogP contribution in [0.3, 0.4) is 0 Å². The van der Waals surface area contributed by atoms with E-state index in [-0.39, 0.29) is 12.5 Å². The van der Waals surface area contributed by atoms with E-state index in [1.165, 1.54) is 0 Å². The Labute approximate surface area is 123 Å². The number of benzene rings is 1. The fourth-order valence-corrected chi connectivity index (χ4v) is 2.69. The number of carbonyl (C=O) groups is 1. The highest BCUT2D eigenvalue weighted by Crippen LogP contribution is 2.10. The van der Waals surface area contributed by atoms with Gasteiger partial charge < -0.3 is 10.4 Å². The third-order valence-corrected chi connectivity index (χ3v) is 4.58. The van der Waals surface area contributed by atoms with Gasteiger partial charge in [-0.2, -0.15) is 0 Å². The minimum atomic E-state index is -1.24. The summed E-state index contributed by atoms with van der Waals surface area (Å²) in [6.07, 6.45) is 0. The first-order valence-corrected chi connectivity index (χ1v) is 8.15. The molecule has 0 bridgehead atoms. The molecule has 0 spiro atoms. The first-order chi connectivity index (χ1) is 9.43. The molecule has 0 saturated carbocycles. The maximum atomic E-state index is 12.2. The Hall–Kier alpha value is -1.20. The van der Waals surface area contributed by atoms with E-state index in [4.69, 9.17) is 5.11 Å². The molecule has 0 saturated heterocycles. The van der Waals surface area contributed by atoms with Gasteiger partial charge in [-0.3, -0.25) is 9.00 Å². The Kier molecular flexibility index (Phi) is 6.88. The summed E-state index contributed by atoms with van der Waals surface area (Å²) in [6, 6.07) is 7.27. The molecule has 0 aliphatic heterocycles. The summed E-state index contributed by atoms with van der Waals surface area (Å²) < 4.78 is 12.2. The summed E-state index contributed by atoms with van der Waals surface area (Å²) >= 11 is 0. The number of rotatable bonds is 7. The molecule has 5 heteroatoms. The van der Waals surface area contributed by atoms with Crippen molar-refractivity contribution in [2.24, 2.45) is 5.92 Å². The van der Waals surface area contributed by atoms with Crippen LogP contribution in [0.5, 0.6) is 0 Å². The molecule has 4 nitrogen and oxygen atoms in total. The summed E-state index contributed by atoms with van der Waals surface area (Å²) in [4.78, 5) is 11.8. The van der Waals surface area contributed by atoms with Gasteiger partial charge in [-0.05, 0) is 24.0 Å². The average molecular weight is 297 g/mol. The molecule has 0 aliphatic rings. The Morgan fingerprint density at radius 1 is 1.20 bits per heavy atom. The second kappa shape index (κ2) is 8.17. The molecular formula is C15H23NO3S. The number of hydrogen-bond donors (Lipinski definition) is 2. The van der Waals surface area contributed by atoms with Crippen LogP contribution in [0.1, 0.15) is 31.9 Å². The first-order valence-electron chi connectivity index (χ1n) is 6.77. The Balaban J connectivity index is 2.53. The smallest absolute Gasteiger partial charge is 0.235 e. The minimum absolute atomic E-state index is 0.00260. The van der Waals surface area contributed by atoms with E-state index >= 15 is 0 Å².